The first kappa shape index (κ1) is 31.9. The number of fused-ring (bicyclic) bond motifs is 1. The predicted molar refractivity (Wildman–Crippen MR) is 184 cm³/mol. The van der Waals surface area contributed by atoms with Gasteiger partial charge in [0.2, 0.25) is 11.1 Å². The number of carbonyl (C=O) groups is 1. The normalized spacial score (nSPS) is 14.7. The lowest BCUT2D eigenvalue weighted by molar-refractivity contribution is -0.113. The third kappa shape index (κ3) is 6.89. The van der Waals surface area contributed by atoms with E-state index in [1.54, 1.807) is 11.8 Å². The lowest BCUT2D eigenvalue weighted by Gasteiger charge is -2.30. The molecular formula is C35H40BrN5O2S. The molecule has 5 rings (SSSR count). The van der Waals surface area contributed by atoms with E-state index < -0.39 is 6.04 Å². The van der Waals surface area contributed by atoms with E-state index in [-0.39, 0.29) is 11.3 Å². The summed E-state index contributed by atoms with van der Waals surface area (Å²) in [6, 6.07) is 19.8. The number of rotatable bonds is 9. The number of carbonyl (C=O) groups excluding carboxylic acids is 1. The molecule has 0 saturated heterocycles. The van der Waals surface area contributed by atoms with Gasteiger partial charge in [0.15, 0.2) is 0 Å². The van der Waals surface area contributed by atoms with E-state index in [0.29, 0.717) is 34.7 Å². The highest BCUT2D eigenvalue weighted by Crippen LogP contribution is 2.42. The molecule has 2 heterocycles. The molecule has 4 aromatic rings. The molecule has 1 atom stereocenters. The standard InChI is InChI=1S/C35H40BrN5O2S/c1-8-18-44-34-39-33-37-23(4)30(32(42)38-28-11-9-10-21(2)22(28)3)31(41(33)40-34)27-19-26(36)16-17-29(27)43-20-24-12-14-25(15-13-24)35(5,6)7/h9-17,19,31H,8,18,20H2,1-7H3,(H,38,42)(H,37,39,40). The van der Waals surface area contributed by atoms with Crippen LogP contribution in [0.5, 0.6) is 5.75 Å². The van der Waals surface area contributed by atoms with Gasteiger partial charge in [-0.1, -0.05) is 91.8 Å². The lowest BCUT2D eigenvalue weighted by atomic mass is 9.87. The molecule has 1 aromatic heterocycles. The number of nitrogens with zero attached hydrogens (tertiary/aromatic N) is 3. The fourth-order valence-electron chi connectivity index (χ4n) is 5.17. The maximum atomic E-state index is 14.2. The zero-order chi connectivity index (χ0) is 31.6. The number of thioether (sulfide) groups is 1. The Kier molecular flexibility index (Phi) is 9.56. The van der Waals surface area contributed by atoms with Crippen LogP contribution in [0.25, 0.3) is 0 Å². The van der Waals surface area contributed by atoms with Crippen molar-refractivity contribution in [3.63, 3.8) is 0 Å². The molecule has 230 valence electrons. The molecule has 0 spiro atoms. The van der Waals surface area contributed by atoms with Gasteiger partial charge in [-0.25, -0.2) is 4.68 Å². The molecule has 1 aliphatic heterocycles. The van der Waals surface area contributed by atoms with Crippen LogP contribution in [0.15, 0.2) is 81.6 Å². The molecule has 0 radical (unpaired) electrons. The van der Waals surface area contributed by atoms with Crippen molar-refractivity contribution in [3.8, 4) is 5.75 Å². The fraction of sp³-hybridized carbons (Fsp3) is 0.343. The average Bonchev–Trinajstić information content (AvgIpc) is 3.39. The molecule has 44 heavy (non-hydrogen) atoms. The van der Waals surface area contributed by atoms with E-state index >= 15 is 0 Å². The maximum Gasteiger partial charge on any atom is 0.255 e. The van der Waals surface area contributed by atoms with Gasteiger partial charge in [0, 0.05) is 27.2 Å². The SMILES string of the molecule is CCCSc1nc2n(n1)C(c1cc(Br)ccc1OCc1ccc(C(C)(C)C)cc1)C(C(=O)Nc1cccc(C)c1C)=C(C)N2. The summed E-state index contributed by atoms with van der Waals surface area (Å²) in [4.78, 5) is 19.0. The highest BCUT2D eigenvalue weighted by atomic mass is 79.9. The van der Waals surface area contributed by atoms with E-state index in [1.807, 2.05) is 61.9 Å². The summed E-state index contributed by atoms with van der Waals surface area (Å²) in [6.07, 6.45) is 1.01. The van der Waals surface area contributed by atoms with Crippen LogP contribution < -0.4 is 15.4 Å². The summed E-state index contributed by atoms with van der Waals surface area (Å²) in [7, 11) is 0. The van der Waals surface area contributed by atoms with E-state index in [0.717, 1.165) is 44.6 Å². The van der Waals surface area contributed by atoms with Crippen LogP contribution in [-0.2, 0) is 16.8 Å². The largest absolute Gasteiger partial charge is 0.489 e. The Bertz CT molecular complexity index is 1710. The zero-order valence-electron chi connectivity index (χ0n) is 26.4. The molecule has 9 heteroatoms. The fourth-order valence-corrected chi connectivity index (χ4v) is 6.23. The van der Waals surface area contributed by atoms with E-state index in [4.69, 9.17) is 14.8 Å². The molecule has 2 N–H and O–H groups in total. The second-order valence-corrected chi connectivity index (χ2v) is 14.2. The first-order valence-corrected chi connectivity index (χ1v) is 16.7. The summed E-state index contributed by atoms with van der Waals surface area (Å²) >= 11 is 5.27. The molecule has 0 saturated carbocycles. The first-order valence-electron chi connectivity index (χ1n) is 14.9. The molecule has 1 amide bonds. The van der Waals surface area contributed by atoms with Crippen LogP contribution >= 0.6 is 27.7 Å². The number of allylic oxidation sites excluding steroid dienone is 1. The average molecular weight is 675 g/mol. The van der Waals surface area contributed by atoms with Crippen LogP contribution in [0.3, 0.4) is 0 Å². The van der Waals surface area contributed by atoms with E-state index in [9.17, 15) is 4.79 Å². The topological polar surface area (TPSA) is 81.1 Å². The smallest absolute Gasteiger partial charge is 0.255 e. The Morgan fingerprint density at radius 2 is 1.84 bits per heavy atom. The Labute approximate surface area is 273 Å². The Morgan fingerprint density at radius 3 is 2.55 bits per heavy atom. The summed E-state index contributed by atoms with van der Waals surface area (Å²) in [5.41, 5.74) is 7.42. The van der Waals surface area contributed by atoms with Crippen LogP contribution in [0.4, 0.5) is 11.6 Å². The van der Waals surface area contributed by atoms with Crippen LogP contribution in [-0.4, -0.2) is 26.4 Å². The molecule has 1 unspecified atom stereocenters. The minimum absolute atomic E-state index is 0.0786. The second-order valence-electron chi connectivity index (χ2n) is 12.2. The van der Waals surface area contributed by atoms with Crippen molar-refractivity contribution in [2.24, 2.45) is 0 Å². The summed E-state index contributed by atoms with van der Waals surface area (Å²) < 4.78 is 9.19. The molecule has 0 aliphatic carbocycles. The molecule has 0 bridgehead atoms. The van der Waals surface area contributed by atoms with Gasteiger partial charge >= 0.3 is 0 Å². The monoisotopic (exact) mass is 673 g/mol. The van der Waals surface area contributed by atoms with Gasteiger partial charge < -0.3 is 15.4 Å². The number of nitrogens with one attached hydrogen (secondary N) is 2. The van der Waals surface area contributed by atoms with Gasteiger partial charge in [0.1, 0.15) is 18.4 Å². The van der Waals surface area contributed by atoms with Crippen molar-refractivity contribution in [3.05, 3.63) is 104 Å². The van der Waals surface area contributed by atoms with Crippen LogP contribution in [0.1, 0.15) is 74.9 Å². The van der Waals surface area contributed by atoms with Crippen molar-refractivity contribution < 1.29 is 9.53 Å². The summed E-state index contributed by atoms with van der Waals surface area (Å²) in [6.45, 7) is 15.1. The highest BCUT2D eigenvalue weighted by Gasteiger charge is 2.36. The highest BCUT2D eigenvalue weighted by molar-refractivity contribution is 9.10. The number of amides is 1. The Hall–Kier alpha value is -3.56. The molecular weight excluding hydrogens is 634 g/mol. The number of aryl methyl sites for hydroxylation is 1. The maximum absolute atomic E-state index is 14.2. The van der Waals surface area contributed by atoms with Crippen molar-refractivity contribution in [2.75, 3.05) is 16.4 Å². The second kappa shape index (κ2) is 13.2. The van der Waals surface area contributed by atoms with Gasteiger partial charge in [-0.2, -0.15) is 4.98 Å². The summed E-state index contributed by atoms with van der Waals surface area (Å²) in [5.74, 6) is 1.97. The lowest BCUT2D eigenvalue weighted by Crippen LogP contribution is -2.32. The minimum Gasteiger partial charge on any atom is -0.489 e. The van der Waals surface area contributed by atoms with Gasteiger partial charge in [0.25, 0.3) is 5.91 Å². The molecule has 3 aromatic carbocycles. The number of hydrogen-bond donors (Lipinski definition) is 2. The third-order valence-electron chi connectivity index (χ3n) is 7.85. The van der Waals surface area contributed by atoms with E-state index in [1.165, 1.54) is 5.56 Å². The van der Waals surface area contributed by atoms with Crippen LogP contribution in [0, 0.1) is 13.8 Å². The molecule has 7 nitrogen and oxygen atoms in total. The van der Waals surface area contributed by atoms with Crippen molar-refractivity contribution >= 4 is 45.2 Å². The van der Waals surface area contributed by atoms with Gasteiger partial charge in [-0.15, -0.1) is 5.10 Å². The first-order chi connectivity index (χ1) is 21.0. The minimum atomic E-state index is -0.574. The Balaban J connectivity index is 1.55. The number of ether oxygens (including phenoxy) is 1. The Morgan fingerprint density at radius 1 is 1.09 bits per heavy atom. The van der Waals surface area contributed by atoms with Crippen molar-refractivity contribution in [1.29, 1.82) is 0 Å². The number of hydrogen-bond acceptors (Lipinski definition) is 6. The van der Waals surface area contributed by atoms with Crippen molar-refractivity contribution in [1.82, 2.24) is 14.8 Å². The van der Waals surface area contributed by atoms with Gasteiger partial charge in [-0.3, -0.25) is 4.79 Å². The number of anilines is 2. The number of benzene rings is 3. The van der Waals surface area contributed by atoms with Gasteiger partial charge in [-0.05, 0) is 79.1 Å². The third-order valence-corrected chi connectivity index (χ3v) is 9.38. The quantitative estimate of drug-likeness (QED) is 0.173. The zero-order valence-corrected chi connectivity index (χ0v) is 28.8. The molecule has 0 fully saturated rings. The summed E-state index contributed by atoms with van der Waals surface area (Å²) in [5, 5.41) is 12.1. The van der Waals surface area contributed by atoms with Crippen LogP contribution in [0.2, 0.25) is 0 Å². The van der Waals surface area contributed by atoms with E-state index in [2.05, 4.69) is 78.5 Å². The van der Waals surface area contributed by atoms with Gasteiger partial charge in [0.05, 0.1) is 5.57 Å². The number of aromatic nitrogens is 3. The van der Waals surface area contributed by atoms with Crippen molar-refractivity contribution in [2.45, 2.75) is 78.1 Å². The predicted octanol–water partition coefficient (Wildman–Crippen LogP) is 8.96. The molecule has 1 aliphatic rings. The number of halogens is 1.